The van der Waals surface area contributed by atoms with Crippen LogP contribution in [0.5, 0.6) is 0 Å². The van der Waals surface area contributed by atoms with E-state index in [1.165, 1.54) is 44.1 Å². The summed E-state index contributed by atoms with van der Waals surface area (Å²) in [4.78, 5) is 0. The lowest BCUT2D eigenvalue weighted by Gasteiger charge is -2.13. The SMILES string of the molecule is CN(C)S(=O)(=O)NCCSC1CCCC1. The second-order valence-electron chi connectivity index (χ2n) is 3.96. The van der Waals surface area contributed by atoms with Gasteiger partial charge in [0.25, 0.3) is 10.2 Å². The average Bonchev–Trinajstić information content (AvgIpc) is 2.64. The average molecular weight is 252 g/mol. The zero-order valence-corrected chi connectivity index (χ0v) is 11.0. The lowest BCUT2D eigenvalue weighted by atomic mass is 10.4. The molecular weight excluding hydrogens is 232 g/mol. The Bertz CT molecular complexity index is 272. The third-order valence-corrected chi connectivity index (χ3v) is 5.44. The van der Waals surface area contributed by atoms with Crippen LogP contribution in [0, 0.1) is 0 Å². The van der Waals surface area contributed by atoms with Crippen LogP contribution in [0.4, 0.5) is 0 Å². The number of rotatable bonds is 6. The van der Waals surface area contributed by atoms with Gasteiger partial charge in [0.1, 0.15) is 0 Å². The van der Waals surface area contributed by atoms with Crippen LogP contribution in [0.3, 0.4) is 0 Å². The molecule has 15 heavy (non-hydrogen) atoms. The maximum absolute atomic E-state index is 11.3. The van der Waals surface area contributed by atoms with Gasteiger partial charge in [-0.2, -0.15) is 24.5 Å². The molecule has 1 N–H and O–H groups in total. The summed E-state index contributed by atoms with van der Waals surface area (Å²) in [5.74, 6) is 0.873. The topological polar surface area (TPSA) is 49.4 Å². The zero-order chi connectivity index (χ0) is 11.3. The Morgan fingerprint density at radius 1 is 1.33 bits per heavy atom. The van der Waals surface area contributed by atoms with E-state index in [1.54, 1.807) is 0 Å². The number of nitrogens with zero attached hydrogens (tertiary/aromatic N) is 1. The van der Waals surface area contributed by atoms with Crippen molar-refractivity contribution in [2.45, 2.75) is 30.9 Å². The maximum Gasteiger partial charge on any atom is 0.278 e. The van der Waals surface area contributed by atoms with Crippen molar-refractivity contribution in [1.82, 2.24) is 9.03 Å². The molecule has 0 bridgehead atoms. The molecule has 0 aromatic heterocycles. The van der Waals surface area contributed by atoms with Crippen LogP contribution >= 0.6 is 11.8 Å². The highest BCUT2D eigenvalue weighted by molar-refractivity contribution is 8.00. The Balaban J connectivity index is 2.11. The van der Waals surface area contributed by atoms with Gasteiger partial charge in [-0.05, 0) is 12.8 Å². The summed E-state index contributed by atoms with van der Waals surface area (Å²) in [7, 11) is -0.156. The molecule has 0 aromatic carbocycles. The molecule has 0 unspecified atom stereocenters. The smallest absolute Gasteiger partial charge is 0.201 e. The molecule has 0 heterocycles. The van der Waals surface area contributed by atoms with Crippen molar-refractivity contribution in [2.75, 3.05) is 26.4 Å². The number of nitrogens with one attached hydrogen (secondary N) is 1. The molecule has 1 aliphatic rings. The number of thioether (sulfide) groups is 1. The van der Waals surface area contributed by atoms with Crippen molar-refractivity contribution >= 4 is 22.0 Å². The predicted octanol–water partition coefficient (Wildman–Crippen LogP) is 1.06. The summed E-state index contributed by atoms with van der Waals surface area (Å²) in [6, 6.07) is 0. The van der Waals surface area contributed by atoms with E-state index in [9.17, 15) is 8.42 Å². The number of hydrogen-bond acceptors (Lipinski definition) is 3. The highest BCUT2D eigenvalue weighted by Gasteiger charge is 2.16. The molecule has 90 valence electrons. The van der Waals surface area contributed by atoms with Gasteiger partial charge in [-0.15, -0.1) is 0 Å². The molecule has 0 saturated heterocycles. The van der Waals surface area contributed by atoms with Gasteiger partial charge in [0.2, 0.25) is 0 Å². The molecule has 0 spiro atoms. The van der Waals surface area contributed by atoms with Crippen molar-refractivity contribution in [3.63, 3.8) is 0 Å². The Morgan fingerprint density at radius 2 is 1.93 bits per heavy atom. The highest BCUT2D eigenvalue weighted by Crippen LogP contribution is 2.28. The zero-order valence-electron chi connectivity index (χ0n) is 9.40. The van der Waals surface area contributed by atoms with Gasteiger partial charge in [-0.25, -0.2) is 4.72 Å². The van der Waals surface area contributed by atoms with Gasteiger partial charge < -0.3 is 0 Å². The summed E-state index contributed by atoms with van der Waals surface area (Å²) in [5, 5.41) is 0.758. The molecule has 0 radical (unpaired) electrons. The van der Waals surface area contributed by atoms with Crippen molar-refractivity contribution < 1.29 is 8.42 Å². The summed E-state index contributed by atoms with van der Waals surface area (Å²) in [6.45, 7) is 0.529. The van der Waals surface area contributed by atoms with Crippen LogP contribution in [-0.2, 0) is 10.2 Å². The summed E-state index contributed by atoms with van der Waals surface area (Å²) in [5.41, 5.74) is 0. The monoisotopic (exact) mass is 252 g/mol. The van der Waals surface area contributed by atoms with Crippen LogP contribution in [-0.4, -0.2) is 44.4 Å². The predicted molar refractivity (Wildman–Crippen MR) is 65.3 cm³/mol. The molecular formula is C9H20N2O2S2. The molecule has 0 aromatic rings. The Labute approximate surface area is 97.0 Å². The number of hydrogen-bond donors (Lipinski definition) is 1. The van der Waals surface area contributed by atoms with Crippen LogP contribution < -0.4 is 4.72 Å². The fraction of sp³-hybridized carbons (Fsp3) is 1.00. The third kappa shape index (κ3) is 4.72. The van der Waals surface area contributed by atoms with Crippen LogP contribution in [0.25, 0.3) is 0 Å². The van der Waals surface area contributed by atoms with E-state index in [2.05, 4.69) is 4.72 Å². The van der Waals surface area contributed by atoms with Crippen molar-refractivity contribution in [3.8, 4) is 0 Å². The molecule has 1 fully saturated rings. The van der Waals surface area contributed by atoms with Crippen LogP contribution in [0.1, 0.15) is 25.7 Å². The van der Waals surface area contributed by atoms with E-state index >= 15 is 0 Å². The van der Waals surface area contributed by atoms with E-state index in [4.69, 9.17) is 0 Å². The van der Waals surface area contributed by atoms with Gasteiger partial charge in [0.05, 0.1) is 0 Å². The standard InChI is InChI=1S/C9H20N2O2S2/c1-11(2)15(12,13)10-7-8-14-9-5-3-4-6-9/h9-10H,3-8H2,1-2H3. The molecule has 4 nitrogen and oxygen atoms in total. The van der Waals surface area contributed by atoms with Crippen molar-refractivity contribution in [2.24, 2.45) is 0 Å². The van der Waals surface area contributed by atoms with E-state index in [0.717, 1.165) is 11.0 Å². The minimum Gasteiger partial charge on any atom is -0.201 e. The Morgan fingerprint density at radius 3 is 2.47 bits per heavy atom. The van der Waals surface area contributed by atoms with Gasteiger partial charge >= 0.3 is 0 Å². The molecule has 1 saturated carbocycles. The van der Waals surface area contributed by atoms with E-state index < -0.39 is 10.2 Å². The Hall–Kier alpha value is 0.220. The van der Waals surface area contributed by atoms with Crippen molar-refractivity contribution in [3.05, 3.63) is 0 Å². The highest BCUT2D eigenvalue weighted by atomic mass is 32.2. The fourth-order valence-corrected chi connectivity index (χ4v) is 3.55. The molecule has 0 aliphatic heterocycles. The first-order valence-corrected chi connectivity index (χ1v) is 7.80. The minimum atomic E-state index is -3.22. The van der Waals surface area contributed by atoms with Gasteiger partial charge in [0.15, 0.2) is 0 Å². The first-order chi connectivity index (χ1) is 7.02. The summed E-state index contributed by atoms with van der Waals surface area (Å²) >= 11 is 1.89. The minimum absolute atomic E-state index is 0.529. The second kappa shape index (κ2) is 6.08. The van der Waals surface area contributed by atoms with E-state index in [0.29, 0.717) is 6.54 Å². The second-order valence-corrected chi connectivity index (χ2v) is 7.34. The van der Waals surface area contributed by atoms with Gasteiger partial charge in [0, 0.05) is 31.6 Å². The van der Waals surface area contributed by atoms with E-state index in [-0.39, 0.29) is 0 Å². The third-order valence-electron chi connectivity index (χ3n) is 2.52. The molecule has 1 aliphatic carbocycles. The van der Waals surface area contributed by atoms with Crippen LogP contribution in [0.15, 0.2) is 0 Å². The Kier molecular flexibility index (Phi) is 5.38. The van der Waals surface area contributed by atoms with Crippen LogP contribution in [0.2, 0.25) is 0 Å². The summed E-state index contributed by atoms with van der Waals surface area (Å²) in [6.07, 6.45) is 5.26. The normalized spacial score (nSPS) is 18.9. The molecule has 0 amide bonds. The molecule has 1 rings (SSSR count). The summed E-state index contributed by atoms with van der Waals surface area (Å²) < 4.78 is 26.4. The first-order valence-electron chi connectivity index (χ1n) is 5.31. The quantitative estimate of drug-likeness (QED) is 0.719. The van der Waals surface area contributed by atoms with Crippen molar-refractivity contribution in [1.29, 1.82) is 0 Å². The lowest BCUT2D eigenvalue weighted by Crippen LogP contribution is -2.36. The fourth-order valence-electron chi connectivity index (χ4n) is 1.58. The van der Waals surface area contributed by atoms with Gasteiger partial charge in [-0.1, -0.05) is 12.8 Å². The maximum atomic E-state index is 11.3. The van der Waals surface area contributed by atoms with E-state index in [1.807, 2.05) is 11.8 Å². The molecule has 0 atom stereocenters. The largest absolute Gasteiger partial charge is 0.278 e. The van der Waals surface area contributed by atoms with Gasteiger partial charge in [-0.3, -0.25) is 0 Å². The lowest BCUT2D eigenvalue weighted by molar-refractivity contribution is 0.508. The molecule has 6 heteroatoms. The first kappa shape index (κ1) is 13.3.